The number of halogens is 3. The molecular weight excluding hydrogens is 481 g/mol. The fourth-order valence-electron chi connectivity index (χ4n) is 3.46. The highest BCUT2D eigenvalue weighted by molar-refractivity contribution is 5.98. The van der Waals surface area contributed by atoms with E-state index in [1.165, 1.54) is 31.6 Å². The average molecular weight is 502 g/mol. The monoisotopic (exact) mass is 502 g/mol. The van der Waals surface area contributed by atoms with Gasteiger partial charge in [0.05, 0.1) is 26.8 Å². The summed E-state index contributed by atoms with van der Waals surface area (Å²) in [4.78, 5) is 29.2. The molecule has 4 aromatic rings. The molecule has 0 bridgehead atoms. The zero-order valence-corrected chi connectivity index (χ0v) is 19.2. The fourth-order valence-corrected chi connectivity index (χ4v) is 3.46. The Balaban J connectivity index is 1.68. The maximum absolute atomic E-state index is 13.2. The van der Waals surface area contributed by atoms with Crippen LogP contribution in [0.4, 0.5) is 13.2 Å². The van der Waals surface area contributed by atoms with E-state index < -0.39 is 17.8 Å². The van der Waals surface area contributed by atoms with E-state index >= 15 is 0 Å². The first kappa shape index (κ1) is 24.9. The van der Waals surface area contributed by atoms with Gasteiger partial charge in [-0.1, -0.05) is 0 Å². The number of nitrogens with one attached hydrogen (secondary N) is 1. The molecule has 0 aliphatic carbocycles. The molecule has 0 saturated heterocycles. The van der Waals surface area contributed by atoms with Crippen molar-refractivity contribution < 1.29 is 31.9 Å². The molecule has 0 fully saturated rings. The number of nitrogens with zero attached hydrogens (tertiary/aromatic N) is 4. The number of rotatable bonds is 8. The molecule has 0 atom stereocenters. The highest BCUT2D eigenvalue weighted by Crippen LogP contribution is 2.36. The predicted molar refractivity (Wildman–Crippen MR) is 121 cm³/mol. The number of hydrogen-bond acceptors (Lipinski definition) is 9. The minimum Gasteiger partial charge on any atom is -0.494 e. The van der Waals surface area contributed by atoms with E-state index in [9.17, 15) is 18.0 Å². The van der Waals surface area contributed by atoms with Crippen LogP contribution < -0.4 is 20.5 Å². The fraction of sp³-hybridized carbons (Fsp3) is 0.261. The number of pyridine rings is 1. The number of carbonyl (C=O) groups is 1. The van der Waals surface area contributed by atoms with Crippen LogP contribution in [0.5, 0.6) is 11.6 Å². The molecule has 1 amide bonds. The lowest BCUT2D eigenvalue weighted by Crippen LogP contribution is -2.25. The molecule has 3 N–H and O–H groups in total. The van der Waals surface area contributed by atoms with Gasteiger partial charge in [0.25, 0.3) is 5.91 Å². The van der Waals surface area contributed by atoms with Crippen molar-refractivity contribution in [2.24, 2.45) is 5.73 Å². The number of hydrogen-bond donors (Lipinski definition) is 2. The second kappa shape index (κ2) is 10.2. The molecule has 36 heavy (non-hydrogen) atoms. The number of benzene rings is 1. The molecule has 3 aromatic heterocycles. The van der Waals surface area contributed by atoms with Crippen LogP contribution in [0.3, 0.4) is 0 Å². The van der Waals surface area contributed by atoms with Gasteiger partial charge in [0, 0.05) is 23.3 Å². The van der Waals surface area contributed by atoms with Crippen molar-refractivity contribution in [3.05, 3.63) is 59.5 Å². The molecule has 0 saturated carbocycles. The number of alkyl halides is 3. The molecule has 4 rings (SSSR count). The molecule has 0 spiro atoms. The molecule has 1 aromatic carbocycles. The molecule has 0 unspecified atom stereocenters. The molecule has 0 aliphatic rings. The summed E-state index contributed by atoms with van der Waals surface area (Å²) in [5.74, 6) is -0.0817. The number of oxazole rings is 1. The number of nitrogens with two attached hydrogens (primary N) is 1. The van der Waals surface area contributed by atoms with E-state index in [0.717, 1.165) is 6.07 Å². The third kappa shape index (κ3) is 4.91. The van der Waals surface area contributed by atoms with Crippen LogP contribution >= 0.6 is 0 Å². The van der Waals surface area contributed by atoms with E-state index in [0.29, 0.717) is 23.3 Å². The smallest absolute Gasteiger partial charge is 0.433 e. The average Bonchev–Trinajstić information content (AvgIpc) is 3.31. The molecule has 188 valence electrons. The number of fused-ring (bicyclic) bond motifs is 1. The summed E-state index contributed by atoms with van der Waals surface area (Å²) in [6, 6.07) is 5.10. The lowest BCUT2D eigenvalue weighted by molar-refractivity contribution is -0.140. The van der Waals surface area contributed by atoms with Gasteiger partial charge in [0.1, 0.15) is 22.7 Å². The highest BCUT2D eigenvalue weighted by atomic mass is 19.4. The van der Waals surface area contributed by atoms with Crippen LogP contribution in [0.1, 0.15) is 34.6 Å². The summed E-state index contributed by atoms with van der Waals surface area (Å²) in [5.41, 5.74) is 5.31. The van der Waals surface area contributed by atoms with Crippen LogP contribution in [0.2, 0.25) is 0 Å². The number of carbonyl (C=O) groups excluding carboxylic acids is 1. The summed E-state index contributed by atoms with van der Waals surface area (Å²) < 4.78 is 56.0. The molecule has 13 heteroatoms. The first-order valence-corrected chi connectivity index (χ1v) is 10.7. The van der Waals surface area contributed by atoms with E-state index in [1.54, 1.807) is 13.0 Å². The van der Waals surface area contributed by atoms with Crippen molar-refractivity contribution in [2.75, 3.05) is 13.7 Å². The van der Waals surface area contributed by atoms with Gasteiger partial charge >= 0.3 is 6.18 Å². The van der Waals surface area contributed by atoms with Gasteiger partial charge < -0.3 is 24.9 Å². The minimum absolute atomic E-state index is 0.00379. The van der Waals surface area contributed by atoms with Gasteiger partial charge in [0.2, 0.25) is 11.8 Å². The summed E-state index contributed by atoms with van der Waals surface area (Å²) in [6.07, 6.45) is -1.70. The van der Waals surface area contributed by atoms with Gasteiger partial charge in [-0.05, 0) is 31.2 Å². The molecule has 10 nitrogen and oxygen atoms in total. The Morgan fingerprint density at radius 2 is 1.92 bits per heavy atom. The Morgan fingerprint density at radius 1 is 1.14 bits per heavy atom. The van der Waals surface area contributed by atoms with Crippen molar-refractivity contribution in [2.45, 2.75) is 26.2 Å². The zero-order valence-electron chi connectivity index (χ0n) is 19.2. The highest BCUT2D eigenvalue weighted by Gasteiger charge is 2.33. The molecular formula is C23H21F3N6O4. The van der Waals surface area contributed by atoms with Crippen molar-refractivity contribution in [3.8, 4) is 23.1 Å². The second-order valence-corrected chi connectivity index (χ2v) is 7.32. The van der Waals surface area contributed by atoms with E-state index in [4.69, 9.17) is 19.6 Å². The van der Waals surface area contributed by atoms with Crippen molar-refractivity contribution in [1.82, 2.24) is 25.3 Å². The van der Waals surface area contributed by atoms with Gasteiger partial charge in [-0.15, -0.1) is 0 Å². The van der Waals surface area contributed by atoms with Crippen LogP contribution in [-0.2, 0) is 19.3 Å². The summed E-state index contributed by atoms with van der Waals surface area (Å²) in [6.45, 7) is 2.03. The largest absolute Gasteiger partial charge is 0.494 e. The molecule has 0 aliphatic heterocycles. The summed E-state index contributed by atoms with van der Waals surface area (Å²) >= 11 is 0. The molecule has 3 heterocycles. The predicted octanol–water partition coefficient (Wildman–Crippen LogP) is 3.49. The summed E-state index contributed by atoms with van der Waals surface area (Å²) in [7, 11) is 1.32. The Morgan fingerprint density at radius 3 is 2.61 bits per heavy atom. The number of amides is 1. The Bertz CT molecular complexity index is 1410. The SMILES string of the molecule is CCOc1nccnc1CNC(=O)c1nc(-c2ccc(OC)c3nc(C(F)(F)F)ccc23)oc1CN. The third-order valence-electron chi connectivity index (χ3n) is 5.09. The van der Waals surface area contributed by atoms with Crippen LogP contribution in [0, 0.1) is 0 Å². The van der Waals surface area contributed by atoms with Gasteiger partial charge in [-0.2, -0.15) is 13.2 Å². The maximum Gasteiger partial charge on any atom is 0.433 e. The van der Waals surface area contributed by atoms with Gasteiger partial charge in [-0.25, -0.2) is 15.0 Å². The number of aromatic nitrogens is 4. The van der Waals surface area contributed by atoms with Crippen LogP contribution in [0.15, 0.2) is 41.1 Å². The standard InChI is InChI=1S/C23H21F3N6O4/c1-3-35-22-14(28-8-9-29-22)11-30-20(33)19-16(10-27)36-21(32-19)13-4-6-15(34-2)18-12(13)5-7-17(31-18)23(24,25)26/h4-9H,3,10-11,27H2,1-2H3,(H,30,33). The minimum atomic E-state index is -4.64. The Hall–Kier alpha value is -4.26. The maximum atomic E-state index is 13.2. The van der Waals surface area contributed by atoms with Crippen LogP contribution in [0.25, 0.3) is 22.4 Å². The lowest BCUT2D eigenvalue weighted by atomic mass is 10.1. The third-order valence-corrected chi connectivity index (χ3v) is 5.09. The van der Waals surface area contributed by atoms with E-state index in [-0.39, 0.29) is 47.6 Å². The van der Waals surface area contributed by atoms with Crippen molar-refractivity contribution in [3.63, 3.8) is 0 Å². The quantitative estimate of drug-likeness (QED) is 0.371. The van der Waals surface area contributed by atoms with E-state index in [2.05, 4.69) is 25.3 Å². The summed E-state index contributed by atoms with van der Waals surface area (Å²) in [5, 5.41) is 2.97. The second-order valence-electron chi connectivity index (χ2n) is 7.32. The first-order chi connectivity index (χ1) is 17.3. The lowest BCUT2D eigenvalue weighted by Gasteiger charge is -2.11. The number of ether oxygens (including phenoxy) is 2. The van der Waals surface area contributed by atoms with Crippen molar-refractivity contribution in [1.29, 1.82) is 0 Å². The first-order valence-electron chi connectivity index (χ1n) is 10.7. The van der Waals surface area contributed by atoms with E-state index in [1.807, 2.05) is 0 Å². The van der Waals surface area contributed by atoms with Crippen molar-refractivity contribution >= 4 is 16.8 Å². The van der Waals surface area contributed by atoms with Gasteiger partial charge in [0.15, 0.2) is 11.5 Å². The Kier molecular flexibility index (Phi) is 7.01. The number of methoxy groups -OCH3 is 1. The Labute approximate surface area is 202 Å². The topological polar surface area (TPSA) is 138 Å². The zero-order chi connectivity index (χ0) is 25.9. The van der Waals surface area contributed by atoms with Crippen LogP contribution in [-0.4, -0.2) is 39.6 Å². The normalized spacial score (nSPS) is 11.5. The molecule has 0 radical (unpaired) electrons. The van der Waals surface area contributed by atoms with Gasteiger partial charge in [-0.3, -0.25) is 9.78 Å².